The van der Waals surface area contributed by atoms with Crippen molar-refractivity contribution in [1.82, 2.24) is 0 Å². The molecule has 0 atom stereocenters. The van der Waals surface area contributed by atoms with Gasteiger partial charge < -0.3 is 10.4 Å². The molecule has 0 aliphatic rings. The smallest absolute Gasteiger partial charge is 0.288 e. The summed E-state index contributed by atoms with van der Waals surface area (Å²) in [5, 5.41) is 22.1. The Hall–Kier alpha value is -2.67. The number of nitrogens with zero attached hydrogens (tertiary/aromatic N) is 1. The number of carbonyl (C=O) groups is 1. The molecule has 0 unspecified atom stereocenters. The molecule has 0 aromatic heterocycles. The second-order valence-electron chi connectivity index (χ2n) is 4.04. The van der Waals surface area contributed by atoms with Gasteiger partial charge >= 0.3 is 0 Å². The van der Waals surface area contributed by atoms with Crippen molar-refractivity contribution < 1.29 is 19.2 Å². The number of carbonyl (C=O) groups excluding carboxylic acids is 1. The van der Waals surface area contributed by atoms with E-state index in [0.717, 1.165) is 18.2 Å². The number of benzene rings is 2. The average molecular weight is 311 g/mol. The number of nitrogens with one attached hydrogen (secondary N) is 1. The molecule has 0 aliphatic heterocycles. The normalized spacial score (nSPS) is 10.2. The molecule has 0 heterocycles. The fourth-order valence-corrected chi connectivity index (χ4v) is 1.77. The van der Waals surface area contributed by atoms with E-state index in [-0.39, 0.29) is 16.3 Å². The highest BCUT2D eigenvalue weighted by Crippen LogP contribution is 2.26. The van der Waals surface area contributed by atoms with E-state index in [4.69, 9.17) is 16.7 Å². The number of aromatic hydroxyl groups is 1. The summed E-state index contributed by atoms with van der Waals surface area (Å²) in [6, 6.07) is 6.86. The Balaban J connectivity index is 2.26. The number of phenols is 1. The van der Waals surface area contributed by atoms with Crippen molar-refractivity contribution >= 4 is 28.9 Å². The van der Waals surface area contributed by atoms with Gasteiger partial charge in [-0.15, -0.1) is 0 Å². The van der Waals surface area contributed by atoms with Gasteiger partial charge in [-0.25, -0.2) is 4.39 Å². The second-order valence-corrected chi connectivity index (χ2v) is 4.45. The molecule has 21 heavy (non-hydrogen) atoms. The molecule has 0 fully saturated rings. The van der Waals surface area contributed by atoms with E-state index in [1.54, 1.807) is 0 Å². The largest absolute Gasteiger partial charge is 0.505 e. The monoisotopic (exact) mass is 310 g/mol. The van der Waals surface area contributed by atoms with Crippen LogP contribution < -0.4 is 5.32 Å². The fourth-order valence-electron chi connectivity index (χ4n) is 1.58. The lowest BCUT2D eigenvalue weighted by atomic mass is 10.2. The first-order chi connectivity index (χ1) is 9.88. The summed E-state index contributed by atoms with van der Waals surface area (Å²) in [6.07, 6.45) is 0. The zero-order valence-electron chi connectivity index (χ0n) is 10.3. The van der Waals surface area contributed by atoms with Gasteiger partial charge in [-0.3, -0.25) is 14.9 Å². The lowest BCUT2D eigenvalue weighted by Gasteiger charge is -2.06. The molecule has 0 bridgehead atoms. The van der Waals surface area contributed by atoms with Crippen molar-refractivity contribution in [3.63, 3.8) is 0 Å². The number of nitro groups is 1. The molecule has 2 aromatic rings. The Bertz CT molecular complexity index is 736. The topological polar surface area (TPSA) is 92.5 Å². The summed E-state index contributed by atoms with van der Waals surface area (Å²) in [6.45, 7) is 0. The summed E-state index contributed by atoms with van der Waals surface area (Å²) >= 11 is 5.64. The first-order valence-corrected chi connectivity index (χ1v) is 6.00. The molecule has 0 spiro atoms. The minimum Gasteiger partial charge on any atom is -0.505 e. The Morgan fingerprint density at radius 1 is 1.29 bits per heavy atom. The number of hydrogen-bond acceptors (Lipinski definition) is 4. The number of halogens is 2. The van der Waals surface area contributed by atoms with Gasteiger partial charge in [0.15, 0.2) is 11.6 Å². The Morgan fingerprint density at radius 2 is 2.00 bits per heavy atom. The molecule has 2 rings (SSSR count). The van der Waals surface area contributed by atoms with Gasteiger partial charge in [0, 0.05) is 23.4 Å². The lowest BCUT2D eigenvalue weighted by molar-refractivity contribution is -0.384. The Morgan fingerprint density at radius 3 is 2.62 bits per heavy atom. The lowest BCUT2D eigenvalue weighted by Crippen LogP contribution is -2.12. The number of anilines is 1. The number of hydrogen-bond donors (Lipinski definition) is 2. The minimum absolute atomic E-state index is 0.000386. The van der Waals surface area contributed by atoms with Gasteiger partial charge in [0.1, 0.15) is 5.02 Å². The van der Waals surface area contributed by atoms with Gasteiger partial charge in [-0.2, -0.15) is 0 Å². The third kappa shape index (κ3) is 3.26. The first kappa shape index (κ1) is 14.7. The summed E-state index contributed by atoms with van der Waals surface area (Å²) < 4.78 is 13.1. The van der Waals surface area contributed by atoms with Gasteiger partial charge in [-0.05, 0) is 24.3 Å². The highest BCUT2D eigenvalue weighted by atomic mass is 35.5. The summed E-state index contributed by atoms with van der Waals surface area (Å²) in [5.74, 6) is -2.11. The van der Waals surface area contributed by atoms with E-state index < -0.39 is 28.1 Å². The van der Waals surface area contributed by atoms with E-state index in [9.17, 15) is 19.3 Å². The van der Waals surface area contributed by atoms with E-state index in [0.29, 0.717) is 0 Å². The zero-order valence-corrected chi connectivity index (χ0v) is 11.1. The van der Waals surface area contributed by atoms with Crippen molar-refractivity contribution in [2.75, 3.05) is 5.32 Å². The van der Waals surface area contributed by atoms with E-state index in [1.165, 1.54) is 18.2 Å². The molecule has 8 heteroatoms. The predicted octanol–water partition coefficient (Wildman–Crippen LogP) is 3.35. The number of nitro benzene ring substituents is 1. The molecule has 0 aliphatic carbocycles. The minimum atomic E-state index is -0.894. The summed E-state index contributed by atoms with van der Waals surface area (Å²) in [4.78, 5) is 22.0. The van der Waals surface area contributed by atoms with Crippen molar-refractivity contribution in [1.29, 1.82) is 0 Å². The van der Waals surface area contributed by atoms with E-state index in [1.807, 2.05) is 0 Å². The number of amides is 1. The molecule has 1 amide bonds. The molecule has 2 N–H and O–H groups in total. The van der Waals surface area contributed by atoms with Crippen LogP contribution in [-0.4, -0.2) is 15.9 Å². The number of rotatable bonds is 3. The van der Waals surface area contributed by atoms with Gasteiger partial charge in [0.2, 0.25) is 0 Å². The zero-order chi connectivity index (χ0) is 15.6. The third-order valence-electron chi connectivity index (χ3n) is 2.61. The van der Waals surface area contributed by atoms with Crippen molar-refractivity contribution in [3.8, 4) is 5.75 Å². The SMILES string of the molecule is O=C(Nc1ccc(O)c(F)c1)c1ccc(Cl)c([N+](=O)[O-])c1. The Kier molecular flexibility index (Phi) is 4.04. The van der Waals surface area contributed by atoms with Crippen LogP contribution in [0.15, 0.2) is 36.4 Å². The predicted molar refractivity (Wildman–Crippen MR) is 74.1 cm³/mol. The van der Waals surface area contributed by atoms with Gasteiger partial charge in [0.05, 0.1) is 4.92 Å². The molecule has 2 aromatic carbocycles. The van der Waals surface area contributed by atoms with Crippen molar-refractivity contribution in [3.05, 3.63) is 62.9 Å². The van der Waals surface area contributed by atoms with Crippen LogP contribution in [0, 0.1) is 15.9 Å². The highest BCUT2D eigenvalue weighted by Gasteiger charge is 2.16. The molecule has 6 nitrogen and oxygen atoms in total. The van der Waals surface area contributed by atoms with Gasteiger partial charge in [-0.1, -0.05) is 11.6 Å². The van der Waals surface area contributed by atoms with Crippen LogP contribution in [0.2, 0.25) is 5.02 Å². The summed E-state index contributed by atoms with van der Waals surface area (Å²) in [5.41, 5.74) is -0.298. The van der Waals surface area contributed by atoms with Crippen LogP contribution in [0.3, 0.4) is 0 Å². The third-order valence-corrected chi connectivity index (χ3v) is 2.93. The van der Waals surface area contributed by atoms with Crippen LogP contribution >= 0.6 is 11.6 Å². The summed E-state index contributed by atoms with van der Waals surface area (Å²) in [7, 11) is 0. The maximum Gasteiger partial charge on any atom is 0.288 e. The maximum atomic E-state index is 13.1. The van der Waals surface area contributed by atoms with Crippen LogP contribution in [0.4, 0.5) is 15.8 Å². The van der Waals surface area contributed by atoms with Gasteiger partial charge in [0.25, 0.3) is 11.6 Å². The van der Waals surface area contributed by atoms with Crippen LogP contribution in [-0.2, 0) is 0 Å². The average Bonchev–Trinajstić information content (AvgIpc) is 2.43. The van der Waals surface area contributed by atoms with E-state index >= 15 is 0 Å². The fraction of sp³-hybridized carbons (Fsp3) is 0. The van der Waals surface area contributed by atoms with Crippen LogP contribution in [0.25, 0.3) is 0 Å². The number of phenolic OH excluding ortho intramolecular Hbond substituents is 1. The van der Waals surface area contributed by atoms with Crippen molar-refractivity contribution in [2.45, 2.75) is 0 Å². The maximum absolute atomic E-state index is 13.1. The molecular formula is C13H8ClFN2O4. The molecule has 0 radical (unpaired) electrons. The van der Waals surface area contributed by atoms with Crippen LogP contribution in [0.1, 0.15) is 10.4 Å². The quantitative estimate of drug-likeness (QED) is 0.516. The molecule has 0 saturated heterocycles. The molecule has 108 valence electrons. The second kappa shape index (κ2) is 5.76. The standard InChI is InChI=1S/C13H8ClFN2O4/c14-9-3-1-7(5-11(9)17(20)21)13(19)16-8-2-4-12(18)10(15)6-8/h1-6,18H,(H,16,19). The van der Waals surface area contributed by atoms with Crippen molar-refractivity contribution in [2.24, 2.45) is 0 Å². The first-order valence-electron chi connectivity index (χ1n) is 5.62. The highest BCUT2D eigenvalue weighted by molar-refractivity contribution is 6.32. The molecule has 0 saturated carbocycles. The molecular weight excluding hydrogens is 303 g/mol. The van der Waals surface area contributed by atoms with E-state index in [2.05, 4.69) is 5.32 Å². The Labute approximate surface area is 122 Å². The van der Waals surface area contributed by atoms with Crippen LogP contribution in [0.5, 0.6) is 5.75 Å².